The van der Waals surface area contributed by atoms with E-state index in [1.165, 1.54) is 11.5 Å². The van der Waals surface area contributed by atoms with Crippen LogP contribution in [0.1, 0.15) is 11.3 Å². The highest BCUT2D eigenvalue weighted by Gasteiger charge is 2.17. The lowest BCUT2D eigenvalue weighted by atomic mass is 9.95. The molecular weight excluding hydrogens is 394 g/mol. The molecule has 0 aliphatic carbocycles. The lowest BCUT2D eigenvalue weighted by Crippen LogP contribution is -2.13. The Labute approximate surface area is 175 Å². The van der Waals surface area contributed by atoms with Crippen LogP contribution >= 0.6 is 11.5 Å². The van der Waals surface area contributed by atoms with E-state index in [1.807, 2.05) is 48.5 Å². The summed E-state index contributed by atoms with van der Waals surface area (Å²) in [6.07, 6.45) is 1.79. The van der Waals surface area contributed by atoms with Crippen LogP contribution in [0.3, 0.4) is 0 Å². The zero-order valence-electron chi connectivity index (χ0n) is 15.7. The number of hydrogen-bond acceptors (Lipinski definition) is 6. The Hall–Kier alpha value is -3.86. The predicted octanol–water partition coefficient (Wildman–Crippen LogP) is 4.20. The van der Waals surface area contributed by atoms with E-state index in [1.54, 1.807) is 12.3 Å². The van der Waals surface area contributed by atoms with Crippen molar-refractivity contribution in [2.24, 2.45) is 5.73 Å². The molecule has 30 heavy (non-hydrogen) atoms. The van der Waals surface area contributed by atoms with Crippen LogP contribution in [-0.4, -0.2) is 14.6 Å². The van der Waals surface area contributed by atoms with Gasteiger partial charge < -0.3 is 5.73 Å². The summed E-state index contributed by atoms with van der Waals surface area (Å²) in [5.74, 6) is 0. The standard InChI is InChI=1S/C23H15N5OS/c24-10-19-15-4-2-1-3-13(15)5-7-16(19)22-20(12-26-30-22)14-6-8-17-18(9-14)21(11-25)27-28-23(17)29/h1-9,12H,11,25H2,(H,28,29). The van der Waals surface area contributed by atoms with Gasteiger partial charge in [-0.25, -0.2) is 5.10 Å². The molecule has 0 aliphatic rings. The first-order valence-electron chi connectivity index (χ1n) is 9.30. The summed E-state index contributed by atoms with van der Waals surface area (Å²) in [7, 11) is 0. The number of fused-ring (bicyclic) bond motifs is 2. The molecule has 3 aromatic carbocycles. The first-order chi connectivity index (χ1) is 14.7. The lowest BCUT2D eigenvalue weighted by molar-refractivity contribution is 0.900. The van der Waals surface area contributed by atoms with Crippen molar-refractivity contribution in [2.75, 3.05) is 0 Å². The second-order valence-electron chi connectivity index (χ2n) is 6.85. The predicted molar refractivity (Wildman–Crippen MR) is 119 cm³/mol. The van der Waals surface area contributed by atoms with Crippen molar-refractivity contribution < 1.29 is 0 Å². The van der Waals surface area contributed by atoms with Gasteiger partial charge in [0, 0.05) is 34.6 Å². The van der Waals surface area contributed by atoms with Gasteiger partial charge in [0.15, 0.2) is 0 Å². The minimum Gasteiger partial charge on any atom is -0.325 e. The summed E-state index contributed by atoms with van der Waals surface area (Å²) >= 11 is 1.34. The first kappa shape index (κ1) is 18.2. The number of hydrogen-bond donors (Lipinski definition) is 2. The smallest absolute Gasteiger partial charge is 0.272 e. The topological polar surface area (TPSA) is 108 Å². The molecule has 0 saturated carbocycles. The van der Waals surface area contributed by atoms with Gasteiger partial charge in [0.05, 0.1) is 21.5 Å². The molecule has 144 valence electrons. The highest BCUT2D eigenvalue weighted by atomic mass is 32.1. The van der Waals surface area contributed by atoms with Crippen LogP contribution in [0.4, 0.5) is 0 Å². The Balaban J connectivity index is 1.75. The van der Waals surface area contributed by atoms with Crippen molar-refractivity contribution in [1.29, 1.82) is 5.26 Å². The summed E-state index contributed by atoms with van der Waals surface area (Å²) in [6, 6.07) is 19.8. The largest absolute Gasteiger partial charge is 0.325 e. The van der Waals surface area contributed by atoms with Crippen molar-refractivity contribution in [2.45, 2.75) is 6.54 Å². The normalized spacial score (nSPS) is 11.1. The highest BCUT2D eigenvalue weighted by Crippen LogP contribution is 2.39. The fourth-order valence-electron chi connectivity index (χ4n) is 3.76. The number of nitriles is 1. The zero-order chi connectivity index (χ0) is 20.7. The summed E-state index contributed by atoms with van der Waals surface area (Å²) in [5.41, 5.74) is 9.45. The second kappa shape index (κ2) is 7.19. The Morgan fingerprint density at radius 1 is 1.03 bits per heavy atom. The molecule has 0 unspecified atom stereocenters. The van der Waals surface area contributed by atoms with E-state index < -0.39 is 0 Å². The van der Waals surface area contributed by atoms with Gasteiger partial charge in [0.2, 0.25) is 0 Å². The summed E-state index contributed by atoms with van der Waals surface area (Å²) in [4.78, 5) is 13.0. The maximum atomic E-state index is 12.1. The van der Waals surface area contributed by atoms with Gasteiger partial charge in [0.1, 0.15) is 6.07 Å². The van der Waals surface area contributed by atoms with E-state index >= 15 is 0 Å². The molecule has 5 aromatic rings. The minimum absolute atomic E-state index is 0.217. The summed E-state index contributed by atoms with van der Waals surface area (Å²) in [6.45, 7) is 0.217. The van der Waals surface area contributed by atoms with Gasteiger partial charge in [-0.05, 0) is 34.6 Å². The average molecular weight is 409 g/mol. The van der Waals surface area contributed by atoms with Crippen LogP contribution in [0.25, 0.3) is 43.1 Å². The fraction of sp³-hybridized carbons (Fsp3) is 0.0435. The number of nitrogens with two attached hydrogens (primary N) is 1. The number of nitrogens with zero attached hydrogens (tertiary/aromatic N) is 3. The summed E-state index contributed by atoms with van der Waals surface area (Å²) < 4.78 is 4.39. The Kier molecular flexibility index (Phi) is 4.36. The van der Waals surface area contributed by atoms with Gasteiger partial charge in [-0.15, -0.1) is 0 Å². The van der Waals surface area contributed by atoms with Gasteiger partial charge in [0.25, 0.3) is 5.56 Å². The number of aromatic amines is 1. The molecule has 0 amide bonds. The van der Waals surface area contributed by atoms with Gasteiger partial charge in [-0.2, -0.15) is 14.7 Å². The maximum Gasteiger partial charge on any atom is 0.272 e. The van der Waals surface area contributed by atoms with Crippen LogP contribution < -0.4 is 11.3 Å². The van der Waals surface area contributed by atoms with E-state index in [-0.39, 0.29) is 12.1 Å². The van der Waals surface area contributed by atoms with Crippen LogP contribution in [0, 0.1) is 11.3 Å². The molecule has 0 fully saturated rings. The van der Waals surface area contributed by atoms with Crippen molar-refractivity contribution in [3.05, 3.63) is 82.4 Å². The third kappa shape index (κ3) is 2.78. The van der Waals surface area contributed by atoms with Crippen molar-refractivity contribution >= 4 is 33.1 Å². The van der Waals surface area contributed by atoms with Gasteiger partial charge >= 0.3 is 0 Å². The zero-order valence-corrected chi connectivity index (χ0v) is 16.5. The van der Waals surface area contributed by atoms with Crippen molar-refractivity contribution in [3.8, 4) is 27.6 Å². The molecule has 0 radical (unpaired) electrons. The van der Waals surface area contributed by atoms with Crippen LogP contribution in [0.2, 0.25) is 0 Å². The Morgan fingerprint density at radius 2 is 1.90 bits per heavy atom. The monoisotopic (exact) mass is 409 g/mol. The number of nitrogens with one attached hydrogen (secondary N) is 1. The Bertz CT molecular complexity index is 1530. The summed E-state index contributed by atoms with van der Waals surface area (Å²) in [5, 5.41) is 19.6. The average Bonchev–Trinajstić information content (AvgIpc) is 3.28. The van der Waals surface area contributed by atoms with Crippen molar-refractivity contribution in [3.63, 3.8) is 0 Å². The third-order valence-corrected chi connectivity index (χ3v) is 6.06. The van der Waals surface area contributed by atoms with Crippen LogP contribution in [0.15, 0.2) is 65.6 Å². The number of aromatic nitrogens is 3. The van der Waals surface area contributed by atoms with E-state index in [0.29, 0.717) is 16.6 Å². The lowest BCUT2D eigenvalue weighted by Gasteiger charge is -2.09. The van der Waals surface area contributed by atoms with Crippen LogP contribution in [-0.2, 0) is 6.54 Å². The van der Waals surface area contributed by atoms with E-state index in [9.17, 15) is 10.1 Å². The molecule has 0 bridgehead atoms. The fourth-order valence-corrected chi connectivity index (χ4v) is 4.56. The number of H-pyrrole nitrogens is 1. The molecule has 2 aromatic heterocycles. The SMILES string of the molecule is N#Cc1c(-c2sncc2-c2ccc3c(=O)[nH]nc(CN)c3c2)ccc2ccccc12. The quantitative estimate of drug-likeness (QED) is 0.464. The van der Waals surface area contributed by atoms with Gasteiger partial charge in [-0.1, -0.05) is 42.5 Å². The molecule has 0 spiro atoms. The number of rotatable bonds is 3. The van der Waals surface area contributed by atoms with Gasteiger partial charge in [-0.3, -0.25) is 4.79 Å². The highest BCUT2D eigenvalue weighted by molar-refractivity contribution is 7.10. The molecule has 5 rings (SSSR count). The molecule has 2 heterocycles. The minimum atomic E-state index is -0.251. The first-order valence-corrected chi connectivity index (χ1v) is 10.1. The molecule has 0 aliphatic heterocycles. The number of benzene rings is 3. The van der Waals surface area contributed by atoms with Crippen LogP contribution in [0.5, 0.6) is 0 Å². The molecule has 0 atom stereocenters. The molecule has 3 N–H and O–H groups in total. The second-order valence-corrected chi connectivity index (χ2v) is 7.66. The van der Waals surface area contributed by atoms with Crippen molar-refractivity contribution in [1.82, 2.24) is 14.6 Å². The molecule has 6 nitrogen and oxygen atoms in total. The van der Waals surface area contributed by atoms with E-state index in [0.717, 1.165) is 37.7 Å². The molecular formula is C23H15N5OS. The van der Waals surface area contributed by atoms with E-state index in [2.05, 4.69) is 20.6 Å². The maximum absolute atomic E-state index is 12.1. The molecule has 7 heteroatoms. The van der Waals surface area contributed by atoms with E-state index in [4.69, 9.17) is 5.73 Å². The Morgan fingerprint density at radius 3 is 2.73 bits per heavy atom. The third-order valence-electron chi connectivity index (χ3n) is 5.23. The molecule has 0 saturated heterocycles.